The Bertz CT molecular complexity index is 1130. The van der Waals surface area contributed by atoms with E-state index in [1.165, 1.54) is 12.1 Å². The molecule has 0 aliphatic carbocycles. The van der Waals surface area contributed by atoms with Gasteiger partial charge in [-0.1, -0.05) is 12.1 Å². The van der Waals surface area contributed by atoms with Gasteiger partial charge in [0, 0.05) is 30.2 Å². The fraction of sp³-hybridized carbons (Fsp3) is 0.261. The van der Waals surface area contributed by atoms with E-state index in [0.29, 0.717) is 33.7 Å². The van der Waals surface area contributed by atoms with Crippen molar-refractivity contribution in [2.75, 3.05) is 7.05 Å². The average molecular weight is 423 g/mol. The summed E-state index contributed by atoms with van der Waals surface area (Å²) in [7, 11) is 1.98. The topological polar surface area (TPSA) is 61.5 Å². The molecule has 0 aliphatic rings. The van der Waals surface area contributed by atoms with Gasteiger partial charge in [-0.2, -0.15) is 9.64 Å². The van der Waals surface area contributed by atoms with Gasteiger partial charge in [-0.15, -0.1) is 0 Å². The van der Waals surface area contributed by atoms with Crippen LogP contribution in [0.1, 0.15) is 30.5 Å². The number of ether oxygens (including phenoxy) is 1. The van der Waals surface area contributed by atoms with Gasteiger partial charge in [-0.05, 0) is 63.1 Å². The number of nitrogens with zero attached hydrogens (tertiary/aromatic N) is 4. The van der Waals surface area contributed by atoms with Crippen molar-refractivity contribution in [1.29, 1.82) is 5.26 Å². The van der Waals surface area contributed by atoms with Gasteiger partial charge in [0.25, 0.3) is 0 Å². The molecule has 0 saturated carbocycles. The van der Waals surface area contributed by atoms with Crippen LogP contribution in [-0.2, 0) is 0 Å². The van der Waals surface area contributed by atoms with Crippen LogP contribution in [0.5, 0.6) is 10.8 Å². The van der Waals surface area contributed by atoms with Crippen LogP contribution in [-0.4, -0.2) is 28.7 Å². The van der Waals surface area contributed by atoms with Crippen LogP contribution in [0.25, 0.3) is 11.3 Å². The number of aryl methyl sites for hydroxylation is 2. The molecule has 0 fully saturated rings. The number of rotatable bonds is 6. The summed E-state index contributed by atoms with van der Waals surface area (Å²) in [5.41, 5.74) is 3.97. The van der Waals surface area contributed by atoms with Crippen LogP contribution in [0.2, 0.25) is 0 Å². The van der Waals surface area contributed by atoms with Gasteiger partial charge in [0.2, 0.25) is 5.06 Å². The molecule has 30 heavy (non-hydrogen) atoms. The molecular formula is C23H23FN4OS. The minimum Gasteiger partial charge on any atom is -0.443 e. The minimum absolute atomic E-state index is 0.295. The molecule has 5 nitrogen and oxygen atoms in total. The van der Waals surface area contributed by atoms with Crippen molar-refractivity contribution >= 4 is 23.6 Å². The summed E-state index contributed by atoms with van der Waals surface area (Å²) in [6, 6.07) is 12.4. The molecule has 2 aromatic carbocycles. The van der Waals surface area contributed by atoms with Crippen LogP contribution >= 0.6 is 11.5 Å². The number of aromatic nitrogens is 1. The van der Waals surface area contributed by atoms with Crippen LogP contribution < -0.4 is 4.74 Å². The number of halogens is 1. The highest BCUT2D eigenvalue weighted by Crippen LogP contribution is 2.38. The SMILES string of the molecule is Cc1cc(Oc2snc(-c3cccc(F)c3)c2C#N)c(C)cc1N=CN(C)C(C)C. The van der Waals surface area contributed by atoms with Crippen molar-refractivity contribution in [1.82, 2.24) is 9.27 Å². The maximum atomic E-state index is 13.6. The van der Waals surface area contributed by atoms with Crippen molar-refractivity contribution in [3.05, 3.63) is 58.9 Å². The lowest BCUT2D eigenvalue weighted by atomic mass is 10.1. The molecule has 0 bridgehead atoms. The van der Waals surface area contributed by atoms with E-state index in [0.717, 1.165) is 28.3 Å². The summed E-state index contributed by atoms with van der Waals surface area (Å²) in [6.07, 6.45) is 1.81. The van der Waals surface area contributed by atoms with E-state index in [1.54, 1.807) is 12.1 Å². The minimum atomic E-state index is -0.377. The predicted octanol–water partition coefficient (Wildman–Crippen LogP) is 6.23. The normalized spacial score (nSPS) is 11.1. The van der Waals surface area contributed by atoms with Crippen LogP contribution in [0.3, 0.4) is 0 Å². The first-order valence-corrected chi connectivity index (χ1v) is 10.3. The molecular weight excluding hydrogens is 399 g/mol. The molecule has 0 radical (unpaired) electrons. The molecule has 0 aliphatic heterocycles. The third kappa shape index (κ3) is 4.66. The smallest absolute Gasteiger partial charge is 0.218 e. The number of nitriles is 1. The first kappa shape index (κ1) is 21.5. The number of benzene rings is 2. The lowest BCUT2D eigenvalue weighted by molar-refractivity contribution is 0.429. The van der Waals surface area contributed by atoms with Gasteiger partial charge in [0.1, 0.15) is 28.9 Å². The average Bonchev–Trinajstić information content (AvgIpc) is 3.11. The van der Waals surface area contributed by atoms with E-state index in [4.69, 9.17) is 4.74 Å². The van der Waals surface area contributed by atoms with Gasteiger partial charge < -0.3 is 9.64 Å². The summed E-state index contributed by atoms with van der Waals surface area (Å²) in [6.45, 7) is 8.09. The molecule has 1 heterocycles. The molecule has 1 aromatic heterocycles. The maximum absolute atomic E-state index is 13.6. The van der Waals surface area contributed by atoms with E-state index in [2.05, 4.69) is 29.3 Å². The Labute approximate surface area is 180 Å². The Morgan fingerprint density at radius 3 is 2.67 bits per heavy atom. The molecule has 0 N–H and O–H groups in total. The first-order chi connectivity index (χ1) is 14.3. The zero-order valence-electron chi connectivity index (χ0n) is 17.6. The lowest BCUT2D eigenvalue weighted by Gasteiger charge is -2.17. The second-order valence-electron chi connectivity index (χ2n) is 7.33. The van der Waals surface area contributed by atoms with Crippen LogP contribution in [0.15, 0.2) is 41.4 Å². The van der Waals surface area contributed by atoms with Gasteiger partial charge in [-0.3, -0.25) is 0 Å². The highest BCUT2D eigenvalue weighted by Gasteiger charge is 2.19. The Kier molecular flexibility index (Phi) is 6.48. The van der Waals surface area contributed by atoms with Crippen molar-refractivity contribution in [2.45, 2.75) is 33.7 Å². The molecule has 0 saturated heterocycles. The highest BCUT2D eigenvalue weighted by molar-refractivity contribution is 7.08. The largest absolute Gasteiger partial charge is 0.443 e. The Morgan fingerprint density at radius 1 is 1.23 bits per heavy atom. The summed E-state index contributed by atoms with van der Waals surface area (Å²) in [5, 5.41) is 10.0. The molecule has 3 rings (SSSR count). The zero-order chi connectivity index (χ0) is 21.8. The van der Waals surface area contributed by atoms with Gasteiger partial charge in [-0.25, -0.2) is 9.38 Å². The third-order valence-electron chi connectivity index (χ3n) is 4.76. The Balaban J connectivity index is 1.90. The van der Waals surface area contributed by atoms with E-state index in [9.17, 15) is 9.65 Å². The second-order valence-corrected chi connectivity index (χ2v) is 8.06. The van der Waals surface area contributed by atoms with E-state index in [-0.39, 0.29) is 5.82 Å². The van der Waals surface area contributed by atoms with Crippen LogP contribution in [0.4, 0.5) is 10.1 Å². The van der Waals surface area contributed by atoms with Gasteiger partial charge in [0.15, 0.2) is 0 Å². The zero-order valence-corrected chi connectivity index (χ0v) is 18.4. The lowest BCUT2D eigenvalue weighted by Crippen LogP contribution is -2.24. The third-order valence-corrected chi connectivity index (χ3v) is 5.49. The molecule has 7 heteroatoms. The van der Waals surface area contributed by atoms with E-state index < -0.39 is 0 Å². The fourth-order valence-corrected chi connectivity index (χ4v) is 3.42. The molecule has 0 unspecified atom stereocenters. The molecule has 3 aromatic rings. The Hall–Kier alpha value is -3.24. The molecule has 0 spiro atoms. The molecule has 0 amide bonds. The number of hydrogen-bond acceptors (Lipinski definition) is 5. The van der Waals surface area contributed by atoms with Crippen LogP contribution in [0, 0.1) is 31.0 Å². The van der Waals surface area contributed by atoms with E-state index in [1.807, 2.05) is 44.3 Å². The first-order valence-electron chi connectivity index (χ1n) is 9.51. The molecule has 154 valence electrons. The maximum Gasteiger partial charge on any atom is 0.218 e. The summed E-state index contributed by atoms with van der Waals surface area (Å²) >= 11 is 1.08. The highest BCUT2D eigenvalue weighted by atomic mass is 32.1. The fourth-order valence-electron chi connectivity index (χ4n) is 2.69. The van der Waals surface area contributed by atoms with E-state index >= 15 is 0 Å². The van der Waals surface area contributed by atoms with Crippen molar-refractivity contribution in [2.24, 2.45) is 4.99 Å². The van der Waals surface area contributed by atoms with Gasteiger partial charge >= 0.3 is 0 Å². The van der Waals surface area contributed by atoms with Gasteiger partial charge in [0.05, 0.1) is 12.0 Å². The molecule has 0 atom stereocenters. The van der Waals surface area contributed by atoms with Crippen molar-refractivity contribution in [3.8, 4) is 28.1 Å². The Morgan fingerprint density at radius 2 is 2.00 bits per heavy atom. The predicted molar refractivity (Wildman–Crippen MR) is 119 cm³/mol. The number of aliphatic imine (C=N–C) groups is 1. The van der Waals surface area contributed by atoms with Crippen molar-refractivity contribution in [3.63, 3.8) is 0 Å². The second kappa shape index (κ2) is 9.06. The monoisotopic (exact) mass is 422 g/mol. The quantitative estimate of drug-likeness (QED) is 0.349. The summed E-state index contributed by atoms with van der Waals surface area (Å²) in [4.78, 5) is 6.60. The summed E-state index contributed by atoms with van der Waals surface area (Å²) < 4.78 is 23.9. The standard InChI is InChI=1S/C23H23FN4OS/c1-14(2)28(5)13-26-20-9-16(4)21(10-15(20)3)29-23-19(12-25)22(27-30-23)17-7-6-8-18(24)11-17/h6-11,13-14H,1-5H3. The van der Waals surface area contributed by atoms with Crippen molar-refractivity contribution < 1.29 is 9.13 Å². The number of hydrogen-bond donors (Lipinski definition) is 0. The summed E-state index contributed by atoms with van der Waals surface area (Å²) in [5.74, 6) is 0.257.